The minimum atomic E-state index is -0.488. The van der Waals surface area contributed by atoms with Gasteiger partial charge in [0.2, 0.25) is 0 Å². The molecule has 0 spiro atoms. The van der Waals surface area contributed by atoms with Gasteiger partial charge < -0.3 is 5.32 Å². The molecule has 1 aromatic carbocycles. The Morgan fingerprint density at radius 2 is 2.38 bits per heavy atom. The molecule has 1 fully saturated rings. The molecule has 1 N–H and O–H groups in total. The molecule has 2 nitrogen and oxygen atoms in total. The topological polar surface area (TPSA) is 29.1 Å². The van der Waals surface area contributed by atoms with Crippen LogP contribution in [0.15, 0.2) is 22.7 Å². The summed E-state index contributed by atoms with van der Waals surface area (Å²) in [4.78, 5) is 11.9. The third-order valence-electron chi connectivity index (χ3n) is 2.45. The van der Waals surface area contributed by atoms with E-state index in [4.69, 9.17) is 0 Å². The molecule has 1 aliphatic heterocycles. The van der Waals surface area contributed by atoms with Crippen molar-refractivity contribution in [3.8, 4) is 0 Å². The summed E-state index contributed by atoms with van der Waals surface area (Å²) < 4.78 is 14.0. The van der Waals surface area contributed by atoms with Gasteiger partial charge in [0.05, 0.1) is 5.56 Å². The average molecular weight is 304 g/mol. The van der Waals surface area contributed by atoms with Crippen molar-refractivity contribution in [3.63, 3.8) is 0 Å². The predicted molar refractivity (Wildman–Crippen MR) is 67.3 cm³/mol. The molecule has 1 aliphatic rings. The van der Waals surface area contributed by atoms with Crippen LogP contribution in [0.2, 0.25) is 0 Å². The lowest BCUT2D eigenvalue weighted by Crippen LogP contribution is -2.35. The first-order valence-corrected chi connectivity index (χ1v) is 6.96. The van der Waals surface area contributed by atoms with Crippen LogP contribution in [0, 0.1) is 5.82 Å². The van der Waals surface area contributed by atoms with Crippen molar-refractivity contribution in [2.24, 2.45) is 0 Å². The number of thioether (sulfide) groups is 1. The van der Waals surface area contributed by atoms with Crippen LogP contribution in [0.5, 0.6) is 0 Å². The Morgan fingerprint density at radius 3 is 3.00 bits per heavy atom. The van der Waals surface area contributed by atoms with Crippen molar-refractivity contribution >= 4 is 33.6 Å². The molecule has 1 heterocycles. The first-order valence-electron chi connectivity index (χ1n) is 5.01. The second kappa shape index (κ2) is 5.19. The summed E-state index contributed by atoms with van der Waals surface area (Å²) in [6, 6.07) is 4.70. The zero-order valence-electron chi connectivity index (χ0n) is 8.50. The number of rotatable bonds is 2. The van der Waals surface area contributed by atoms with Crippen LogP contribution in [-0.2, 0) is 0 Å². The summed E-state index contributed by atoms with van der Waals surface area (Å²) in [5.74, 6) is 1.15. The summed E-state index contributed by atoms with van der Waals surface area (Å²) in [5.41, 5.74) is 0.0967. The average Bonchev–Trinajstić information content (AvgIpc) is 2.70. The van der Waals surface area contributed by atoms with E-state index in [2.05, 4.69) is 21.2 Å². The number of halogens is 2. The fraction of sp³-hybridized carbons (Fsp3) is 0.364. The maximum Gasteiger partial charge on any atom is 0.255 e. The van der Waals surface area contributed by atoms with Crippen LogP contribution in [0.3, 0.4) is 0 Å². The van der Waals surface area contributed by atoms with Crippen LogP contribution >= 0.6 is 27.7 Å². The molecule has 1 amide bonds. The molecule has 1 atom stereocenters. The number of amides is 1. The molecule has 0 aliphatic carbocycles. The van der Waals surface area contributed by atoms with E-state index >= 15 is 0 Å². The second-order valence-corrected chi connectivity index (χ2v) is 5.63. The maximum atomic E-state index is 13.5. The molecule has 1 aromatic rings. The minimum Gasteiger partial charge on any atom is -0.348 e. The van der Waals surface area contributed by atoms with E-state index in [1.165, 1.54) is 6.07 Å². The zero-order chi connectivity index (χ0) is 11.5. The van der Waals surface area contributed by atoms with E-state index in [1.807, 2.05) is 11.8 Å². The van der Waals surface area contributed by atoms with Gasteiger partial charge in [0.15, 0.2) is 0 Å². The smallest absolute Gasteiger partial charge is 0.255 e. The summed E-state index contributed by atoms with van der Waals surface area (Å²) >= 11 is 5.00. The molecule has 0 bridgehead atoms. The summed E-state index contributed by atoms with van der Waals surface area (Å²) in [6.45, 7) is 0. The standard InChI is InChI=1S/C11H11BrFNOS/c12-8-2-1-3-9(13)10(8)11(15)14-7-4-5-16-6-7/h1-3,7H,4-6H2,(H,14,15). The highest BCUT2D eigenvalue weighted by atomic mass is 79.9. The number of benzene rings is 1. The third-order valence-corrected chi connectivity index (χ3v) is 4.28. The Balaban J connectivity index is 2.13. The number of carbonyl (C=O) groups is 1. The fourth-order valence-electron chi connectivity index (χ4n) is 1.62. The van der Waals surface area contributed by atoms with E-state index in [0.717, 1.165) is 17.9 Å². The van der Waals surface area contributed by atoms with Gasteiger partial charge in [-0.15, -0.1) is 0 Å². The van der Waals surface area contributed by atoms with Crippen LogP contribution < -0.4 is 5.32 Å². The van der Waals surface area contributed by atoms with Crippen molar-refractivity contribution in [2.45, 2.75) is 12.5 Å². The predicted octanol–water partition coefficient (Wildman–Crippen LogP) is 2.82. The molecular formula is C11H11BrFNOS. The van der Waals surface area contributed by atoms with Gasteiger partial charge in [-0.3, -0.25) is 4.79 Å². The Kier molecular flexibility index (Phi) is 3.86. The van der Waals surface area contributed by atoms with E-state index < -0.39 is 5.82 Å². The Morgan fingerprint density at radius 1 is 1.56 bits per heavy atom. The van der Waals surface area contributed by atoms with E-state index in [9.17, 15) is 9.18 Å². The highest BCUT2D eigenvalue weighted by Crippen LogP contribution is 2.21. The van der Waals surface area contributed by atoms with Gasteiger partial charge >= 0.3 is 0 Å². The minimum absolute atomic E-state index is 0.0967. The van der Waals surface area contributed by atoms with Gasteiger partial charge in [-0.05, 0) is 40.2 Å². The molecule has 1 saturated heterocycles. The molecule has 86 valence electrons. The third kappa shape index (κ3) is 2.58. The second-order valence-electron chi connectivity index (χ2n) is 3.63. The molecule has 5 heteroatoms. The van der Waals surface area contributed by atoms with Gasteiger partial charge in [0.25, 0.3) is 5.91 Å². The molecule has 2 rings (SSSR count). The first-order chi connectivity index (χ1) is 7.68. The number of carbonyl (C=O) groups excluding carboxylic acids is 1. The van der Waals surface area contributed by atoms with Crippen molar-refractivity contribution in [1.82, 2.24) is 5.32 Å². The van der Waals surface area contributed by atoms with E-state index in [1.54, 1.807) is 12.1 Å². The van der Waals surface area contributed by atoms with Crippen molar-refractivity contribution in [3.05, 3.63) is 34.1 Å². The fourth-order valence-corrected chi connectivity index (χ4v) is 3.30. The number of hydrogen-bond acceptors (Lipinski definition) is 2. The monoisotopic (exact) mass is 303 g/mol. The van der Waals surface area contributed by atoms with Crippen molar-refractivity contribution in [2.75, 3.05) is 11.5 Å². The normalized spacial score (nSPS) is 19.8. The summed E-state index contributed by atoms with van der Waals surface area (Å²) in [6.07, 6.45) is 0.961. The van der Waals surface area contributed by atoms with Crippen molar-refractivity contribution in [1.29, 1.82) is 0 Å². The van der Waals surface area contributed by atoms with Gasteiger partial charge in [0, 0.05) is 16.3 Å². The van der Waals surface area contributed by atoms with Gasteiger partial charge in [-0.2, -0.15) is 11.8 Å². The molecule has 1 unspecified atom stereocenters. The summed E-state index contributed by atoms with van der Waals surface area (Å²) in [7, 11) is 0. The molecule has 0 aromatic heterocycles. The van der Waals surface area contributed by atoms with Crippen LogP contribution in [0.1, 0.15) is 16.8 Å². The lowest BCUT2D eigenvalue weighted by atomic mass is 10.1. The molecular weight excluding hydrogens is 293 g/mol. The van der Waals surface area contributed by atoms with Crippen LogP contribution in [0.25, 0.3) is 0 Å². The van der Waals surface area contributed by atoms with Crippen LogP contribution in [-0.4, -0.2) is 23.5 Å². The SMILES string of the molecule is O=C(NC1CCSC1)c1c(F)cccc1Br. The highest BCUT2D eigenvalue weighted by Gasteiger charge is 2.21. The highest BCUT2D eigenvalue weighted by molar-refractivity contribution is 9.10. The Labute approximate surface area is 106 Å². The summed E-state index contributed by atoms with van der Waals surface area (Å²) in [5, 5.41) is 2.85. The number of nitrogens with one attached hydrogen (secondary N) is 1. The van der Waals surface area contributed by atoms with Gasteiger partial charge in [-0.25, -0.2) is 4.39 Å². The molecule has 0 saturated carbocycles. The van der Waals surface area contributed by atoms with Crippen molar-refractivity contribution < 1.29 is 9.18 Å². The quantitative estimate of drug-likeness (QED) is 0.910. The molecule has 0 radical (unpaired) electrons. The van der Waals surface area contributed by atoms with E-state index in [-0.39, 0.29) is 17.5 Å². The molecule has 16 heavy (non-hydrogen) atoms. The lowest BCUT2D eigenvalue weighted by molar-refractivity contribution is 0.0936. The van der Waals surface area contributed by atoms with E-state index in [0.29, 0.717) is 4.47 Å². The van der Waals surface area contributed by atoms with Crippen LogP contribution in [0.4, 0.5) is 4.39 Å². The number of hydrogen-bond donors (Lipinski definition) is 1. The Bertz CT molecular complexity index is 387. The largest absolute Gasteiger partial charge is 0.348 e. The van der Waals surface area contributed by atoms with Gasteiger partial charge in [-0.1, -0.05) is 6.07 Å². The lowest BCUT2D eigenvalue weighted by Gasteiger charge is -2.12. The Hall–Kier alpha value is -0.550. The zero-order valence-corrected chi connectivity index (χ0v) is 10.9. The van der Waals surface area contributed by atoms with Gasteiger partial charge in [0.1, 0.15) is 5.82 Å². The first kappa shape index (κ1) is 11.9. The maximum absolute atomic E-state index is 13.5.